The maximum atomic E-state index is 12.8. The van der Waals surface area contributed by atoms with Gasteiger partial charge in [-0.15, -0.1) is 45.3 Å². The van der Waals surface area contributed by atoms with Gasteiger partial charge in [0, 0.05) is 19.5 Å². The van der Waals surface area contributed by atoms with Crippen molar-refractivity contribution in [3.8, 4) is 36.0 Å². The van der Waals surface area contributed by atoms with Crippen LogP contribution in [0.2, 0.25) is 0 Å². The maximum Gasteiger partial charge on any atom is 0.280 e. The average molecular weight is 465 g/mol. The van der Waals surface area contributed by atoms with Crippen molar-refractivity contribution in [2.24, 2.45) is 4.99 Å². The van der Waals surface area contributed by atoms with Crippen molar-refractivity contribution in [2.45, 2.75) is 0 Å². The number of nitrogens with one attached hydrogen (secondary N) is 1. The Morgan fingerprint density at radius 1 is 0.733 bits per heavy atom. The van der Waals surface area contributed by atoms with E-state index < -0.39 is 0 Å². The van der Waals surface area contributed by atoms with Gasteiger partial charge in [-0.2, -0.15) is 0 Å². The Balaban J connectivity index is 1.42. The molecule has 5 aromatic rings. The molecule has 146 valence electrons. The summed E-state index contributed by atoms with van der Waals surface area (Å²) in [6, 6.07) is 16.2. The number of aromatic nitrogens is 1. The molecule has 0 aromatic carbocycles. The number of aliphatic imine (C=N–C) groups is 1. The summed E-state index contributed by atoms with van der Waals surface area (Å²) in [7, 11) is 0. The normalized spacial score (nSPS) is 13.1. The first-order chi connectivity index (χ1) is 14.7. The number of fused-ring (bicyclic) bond motifs is 1. The van der Waals surface area contributed by atoms with Crippen LogP contribution in [-0.2, 0) is 0 Å². The van der Waals surface area contributed by atoms with Crippen LogP contribution in [-0.4, -0.2) is 21.7 Å². The molecule has 0 saturated heterocycles. The second-order valence-corrected chi connectivity index (χ2v) is 10.7. The molecule has 6 rings (SSSR count). The number of carbonyl (C=O) groups is 1. The molecule has 2 N–H and O–H groups in total. The first-order valence-electron chi connectivity index (χ1n) is 9.05. The summed E-state index contributed by atoms with van der Waals surface area (Å²) >= 11 is 6.52. The third-order valence-corrected chi connectivity index (χ3v) is 9.19. The number of hydrogen-bond donors (Lipinski definition) is 2. The molecular formula is C22H12N2O2S4. The average Bonchev–Trinajstić information content (AvgIpc) is 3.54. The van der Waals surface area contributed by atoms with Gasteiger partial charge in [0.25, 0.3) is 5.91 Å². The number of aromatic hydroxyl groups is 1. The molecular weight excluding hydrogens is 453 g/mol. The highest BCUT2D eigenvalue weighted by atomic mass is 32.1. The molecule has 8 heteroatoms. The second-order valence-electron chi connectivity index (χ2n) is 6.65. The van der Waals surface area contributed by atoms with Gasteiger partial charge in [-0.25, -0.2) is 4.99 Å². The standard InChI is InChI=1S/C22H12N2O2S4/c25-21-17-18(20(24-21)16-8-6-14(30-16)12-4-2-10-28-12)22(26)23-19(17)15-7-5-13(29-15)11-3-1-9-27-11/h1-10,23,26H. The second kappa shape index (κ2) is 6.88. The van der Waals surface area contributed by atoms with E-state index in [1.54, 1.807) is 45.3 Å². The molecule has 0 atom stereocenters. The Morgan fingerprint density at radius 3 is 1.97 bits per heavy atom. The molecule has 4 nitrogen and oxygen atoms in total. The van der Waals surface area contributed by atoms with Gasteiger partial charge in [0.1, 0.15) is 0 Å². The lowest BCUT2D eigenvalue weighted by Crippen LogP contribution is -1.96. The van der Waals surface area contributed by atoms with Crippen LogP contribution in [0.3, 0.4) is 0 Å². The molecule has 0 bridgehead atoms. The third-order valence-electron chi connectivity index (χ3n) is 4.86. The van der Waals surface area contributed by atoms with E-state index in [9.17, 15) is 9.90 Å². The van der Waals surface area contributed by atoms with Crippen molar-refractivity contribution < 1.29 is 9.90 Å². The Bertz CT molecular complexity index is 1420. The summed E-state index contributed by atoms with van der Waals surface area (Å²) in [6.07, 6.45) is 0. The van der Waals surface area contributed by atoms with Crippen LogP contribution < -0.4 is 0 Å². The van der Waals surface area contributed by atoms with Crippen LogP contribution in [0.15, 0.2) is 64.3 Å². The van der Waals surface area contributed by atoms with Gasteiger partial charge in [0.05, 0.1) is 32.3 Å². The van der Waals surface area contributed by atoms with E-state index >= 15 is 0 Å². The molecule has 0 saturated carbocycles. The first-order valence-corrected chi connectivity index (χ1v) is 12.4. The van der Waals surface area contributed by atoms with Crippen LogP contribution in [0, 0.1) is 0 Å². The SMILES string of the molecule is O=C1N=C(c2ccc(-c3cccs3)s2)c2c(O)[nH]c(-c3ccc(-c4cccs4)s3)c21. The largest absolute Gasteiger partial charge is 0.494 e. The Labute approximate surface area is 187 Å². The maximum absolute atomic E-state index is 12.8. The number of rotatable bonds is 4. The molecule has 1 aliphatic rings. The summed E-state index contributed by atoms with van der Waals surface area (Å²) in [5.74, 6) is -0.328. The summed E-state index contributed by atoms with van der Waals surface area (Å²) in [5, 5.41) is 14.8. The van der Waals surface area contributed by atoms with E-state index in [-0.39, 0.29) is 11.8 Å². The lowest BCUT2D eigenvalue weighted by molar-refractivity contribution is 0.101. The third kappa shape index (κ3) is 2.76. The zero-order valence-corrected chi connectivity index (χ0v) is 18.5. The highest BCUT2D eigenvalue weighted by Gasteiger charge is 2.34. The molecule has 0 spiro atoms. The highest BCUT2D eigenvalue weighted by Crippen LogP contribution is 2.43. The smallest absolute Gasteiger partial charge is 0.280 e. The van der Waals surface area contributed by atoms with Gasteiger partial charge in [-0.1, -0.05) is 12.1 Å². The molecule has 0 fully saturated rings. The number of thiophene rings is 4. The van der Waals surface area contributed by atoms with Crippen LogP contribution in [0.25, 0.3) is 30.1 Å². The van der Waals surface area contributed by atoms with Crippen LogP contribution in [0.5, 0.6) is 5.88 Å². The minimum Gasteiger partial charge on any atom is -0.494 e. The molecule has 6 heterocycles. The minimum atomic E-state index is -0.316. The highest BCUT2D eigenvalue weighted by molar-refractivity contribution is 7.23. The molecule has 0 aliphatic carbocycles. The summed E-state index contributed by atoms with van der Waals surface area (Å²) in [4.78, 5) is 26.5. The molecule has 5 aromatic heterocycles. The molecule has 1 aliphatic heterocycles. The number of amides is 1. The number of hydrogen-bond acceptors (Lipinski definition) is 6. The van der Waals surface area contributed by atoms with E-state index in [4.69, 9.17) is 0 Å². The molecule has 30 heavy (non-hydrogen) atoms. The van der Waals surface area contributed by atoms with Crippen LogP contribution in [0.4, 0.5) is 0 Å². The number of carbonyl (C=O) groups excluding carboxylic acids is 1. The van der Waals surface area contributed by atoms with Gasteiger partial charge < -0.3 is 10.1 Å². The minimum absolute atomic E-state index is 0.0123. The fourth-order valence-electron chi connectivity index (χ4n) is 3.55. The topological polar surface area (TPSA) is 65.4 Å². The van der Waals surface area contributed by atoms with E-state index in [0.717, 1.165) is 19.5 Å². The Morgan fingerprint density at radius 2 is 1.33 bits per heavy atom. The van der Waals surface area contributed by atoms with Crippen molar-refractivity contribution in [2.75, 3.05) is 0 Å². The van der Waals surface area contributed by atoms with Gasteiger partial charge in [0.15, 0.2) is 5.88 Å². The van der Waals surface area contributed by atoms with E-state index in [1.807, 2.05) is 47.2 Å². The lowest BCUT2D eigenvalue weighted by Gasteiger charge is -1.97. The van der Waals surface area contributed by atoms with Gasteiger partial charge in [-0.3, -0.25) is 4.79 Å². The van der Waals surface area contributed by atoms with Crippen LogP contribution >= 0.6 is 45.3 Å². The van der Waals surface area contributed by atoms with E-state index in [0.29, 0.717) is 22.5 Å². The summed E-state index contributed by atoms with van der Waals surface area (Å²) < 4.78 is 0. The zero-order valence-electron chi connectivity index (χ0n) is 15.2. The molecule has 0 radical (unpaired) electrons. The van der Waals surface area contributed by atoms with Crippen molar-refractivity contribution >= 4 is 57.0 Å². The summed E-state index contributed by atoms with van der Waals surface area (Å²) in [6.45, 7) is 0. The van der Waals surface area contributed by atoms with Crippen molar-refractivity contribution in [1.29, 1.82) is 0 Å². The monoisotopic (exact) mass is 464 g/mol. The van der Waals surface area contributed by atoms with Crippen molar-refractivity contribution in [3.05, 3.63) is 75.3 Å². The van der Waals surface area contributed by atoms with E-state index in [2.05, 4.69) is 22.1 Å². The van der Waals surface area contributed by atoms with E-state index in [1.165, 1.54) is 9.75 Å². The predicted octanol–water partition coefficient (Wildman–Crippen LogP) is 6.96. The first kappa shape index (κ1) is 18.0. The lowest BCUT2D eigenvalue weighted by atomic mass is 10.1. The zero-order chi connectivity index (χ0) is 20.2. The Kier molecular flexibility index (Phi) is 4.14. The number of nitrogens with zero attached hydrogens (tertiary/aromatic N) is 1. The van der Waals surface area contributed by atoms with Gasteiger partial charge in [0.2, 0.25) is 0 Å². The van der Waals surface area contributed by atoms with Crippen molar-refractivity contribution in [3.63, 3.8) is 0 Å². The predicted molar refractivity (Wildman–Crippen MR) is 127 cm³/mol. The van der Waals surface area contributed by atoms with Gasteiger partial charge >= 0.3 is 0 Å². The number of H-pyrrole nitrogens is 1. The Hall–Kier alpha value is -2.78. The van der Waals surface area contributed by atoms with Crippen molar-refractivity contribution in [1.82, 2.24) is 4.98 Å². The summed E-state index contributed by atoms with van der Waals surface area (Å²) in [5.41, 5.74) is 2.13. The fraction of sp³-hybridized carbons (Fsp3) is 0. The van der Waals surface area contributed by atoms with Crippen LogP contribution in [0.1, 0.15) is 20.8 Å². The quantitative estimate of drug-likeness (QED) is 0.302. The fourth-order valence-corrected chi connectivity index (χ4v) is 7.23. The van der Waals surface area contributed by atoms with Gasteiger partial charge in [-0.05, 0) is 47.2 Å². The molecule has 1 amide bonds. The number of aromatic amines is 1. The molecule has 0 unspecified atom stereocenters.